The minimum atomic E-state index is -3.61. The number of benzene rings is 1. The Morgan fingerprint density at radius 1 is 1.39 bits per heavy atom. The SMILES string of the molecule is Nc1cc(S(=O)(=O)NCc2ccno2)ccc1Br. The second-order valence-corrected chi connectivity index (χ2v) is 6.11. The van der Waals surface area contributed by atoms with Gasteiger partial charge in [-0.1, -0.05) is 5.16 Å². The number of nitrogen functional groups attached to an aromatic ring is 1. The monoisotopic (exact) mass is 331 g/mol. The fraction of sp³-hybridized carbons (Fsp3) is 0.100. The molecule has 8 heteroatoms. The third-order valence-corrected chi connectivity index (χ3v) is 4.33. The molecule has 0 aliphatic carbocycles. The summed E-state index contributed by atoms with van der Waals surface area (Å²) >= 11 is 3.20. The molecule has 1 aromatic heterocycles. The Morgan fingerprint density at radius 3 is 2.78 bits per heavy atom. The second kappa shape index (κ2) is 5.09. The average Bonchev–Trinajstić information content (AvgIpc) is 2.83. The van der Waals surface area contributed by atoms with Crippen molar-refractivity contribution in [2.45, 2.75) is 11.4 Å². The quantitative estimate of drug-likeness (QED) is 0.827. The molecule has 0 aliphatic heterocycles. The van der Waals surface area contributed by atoms with Gasteiger partial charge < -0.3 is 10.3 Å². The number of nitrogens with zero attached hydrogens (tertiary/aromatic N) is 1. The third-order valence-electron chi connectivity index (χ3n) is 2.21. The summed E-state index contributed by atoms with van der Waals surface area (Å²) in [6, 6.07) is 6.01. The Morgan fingerprint density at radius 2 is 2.17 bits per heavy atom. The molecule has 0 saturated carbocycles. The summed E-state index contributed by atoms with van der Waals surface area (Å²) in [6.45, 7) is 0.0400. The molecule has 0 radical (unpaired) electrons. The van der Waals surface area contributed by atoms with Crippen LogP contribution in [0.5, 0.6) is 0 Å². The number of anilines is 1. The predicted molar refractivity (Wildman–Crippen MR) is 69.1 cm³/mol. The van der Waals surface area contributed by atoms with Crippen LogP contribution in [0, 0.1) is 0 Å². The van der Waals surface area contributed by atoms with Crippen LogP contribution in [0.15, 0.2) is 44.4 Å². The summed E-state index contributed by atoms with van der Waals surface area (Å²) in [6.07, 6.45) is 1.45. The van der Waals surface area contributed by atoms with E-state index in [4.69, 9.17) is 10.3 Å². The zero-order chi connectivity index (χ0) is 13.2. The third kappa shape index (κ3) is 2.89. The lowest BCUT2D eigenvalue weighted by Gasteiger charge is -2.06. The van der Waals surface area contributed by atoms with Crippen molar-refractivity contribution in [2.24, 2.45) is 0 Å². The summed E-state index contributed by atoms with van der Waals surface area (Å²) in [4.78, 5) is 0.0997. The van der Waals surface area contributed by atoms with Gasteiger partial charge in [-0.3, -0.25) is 0 Å². The fourth-order valence-electron chi connectivity index (χ4n) is 1.27. The molecule has 18 heavy (non-hydrogen) atoms. The van der Waals surface area contributed by atoms with Gasteiger partial charge in [0.15, 0.2) is 5.76 Å². The Hall–Kier alpha value is -1.38. The molecule has 0 fully saturated rings. The topological polar surface area (TPSA) is 98.2 Å². The van der Waals surface area contributed by atoms with Gasteiger partial charge in [-0.2, -0.15) is 0 Å². The van der Waals surface area contributed by atoms with Crippen LogP contribution in [0.25, 0.3) is 0 Å². The largest absolute Gasteiger partial charge is 0.398 e. The molecule has 6 nitrogen and oxygen atoms in total. The number of sulfonamides is 1. The van der Waals surface area contributed by atoms with Crippen molar-refractivity contribution in [3.8, 4) is 0 Å². The highest BCUT2D eigenvalue weighted by atomic mass is 79.9. The number of nitrogens with one attached hydrogen (secondary N) is 1. The zero-order valence-electron chi connectivity index (χ0n) is 9.13. The fourth-order valence-corrected chi connectivity index (χ4v) is 2.55. The lowest BCUT2D eigenvalue weighted by atomic mass is 10.3. The summed E-state index contributed by atoms with van der Waals surface area (Å²) in [5.41, 5.74) is 6.00. The highest BCUT2D eigenvalue weighted by Crippen LogP contribution is 2.22. The Balaban J connectivity index is 2.17. The molecule has 0 unspecified atom stereocenters. The number of rotatable bonds is 4. The minimum absolute atomic E-state index is 0.0400. The molecule has 96 valence electrons. The van der Waals surface area contributed by atoms with Crippen LogP contribution in [-0.4, -0.2) is 13.6 Å². The molecule has 0 atom stereocenters. The first-order chi connectivity index (χ1) is 8.49. The van der Waals surface area contributed by atoms with E-state index in [1.54, 1.807) is 12.1 Å². The van der Waals surface area contributed by atoms with E-state index in [1.165, 1.54) is 18.3 Å². The predicted octanol–water partition coefficient (Wildman–Crippen LogP) is 1.50. The van der Waals surface area contributed by atoms with Crippen LogP contribution in [0.3, 0.4) is 0 Å². The van der Waals surface area contributed by atoms with E-state index >= 15 is 0 Å². The van der Waals surface area contributed by atoms with Crippen molar-refractivity contribution in [1.29, 1.82) is 0 Å². The Kier molecular flexibility index (Phi) is 3.69. The van der Waals surface area contributed by atoms with Gasteiger partial charge in [0.05, 0.1) is 17.6 Å². The minimum Gasteiger partial charge on any atom is -0.398 e. The molecule has 3 N–H and O–H groups in total. The van der Waals surface area contributed by atoms with Gasteiger partial charge in [0.1, 0.15) is 0 Å². The first kappa shape index (κ1) is 13.1. The van der Waals surface area contributed by atoms with Gasteiger partial charge >= 0.3 is 0 Å². The summed E-state index contributed by atoms with van der Waals surface area (Å²) < 4.78 is 31.7. The van der Waals surface area contributed by atoms with E-state index in [0.29, 0.717) is 15.9 Å². The maximum Gasteiger partial charge on any atom is 0.241 e. The van der Waals surface area contributed by atoms with E-state index < -0.39 is 10.0 Å². The van der Waals surface area contributed by atoms with Crippen LogP contribution in [0.2, 0.25) is 0 Å². The van der Waals surface area contributed by atoms with Crippen LogP contribution in [-0.2, 0) is 16.6 Å². The average molecular weight is 332 g/mol. The maximum atomic E-state index is 11.9. The van der Waals surface area contributed by atoms with E-state index in [2.05, 4.69) is 25.8 Å². The van der Waals surface area contributed by atoms with Crippen LogP contribution in [0.4, 0.5) is 5.69 Å². The molecule has 0 bridgehead atoms. The zero-order valence-corrected chi connectivity index (χ0v) is 11.5. The normalized spacial score (nSPS) is 11.6. The number of hydrogen-bond donors (Lipinski definition) is 2. The maximum absolute atomic E-state index is 11.9. The van der Waals surface area contributed by atoms with E-state index in [0.717, 1.165) is 0 Å². The number of hydrogen-bond acceptors (Lipinski definition) is 5. The van der Waals surface area contributed by atoms with E-state index in [1.807, 2.05) is 0 Å². The standard InChI is InChI=1S/C10H10BrN3O3S/c11-9-2-1-8(5-10(9)12)18(15,16)14-6-7-3-4-13-17-7/h1-5,14H,6,12H2. The first-order valence-electron chi connectivity index (χ1n) is 4.93. The van der Waals surface area contributed by atoms with E-state index in [-0.39, 0.29) is 11.4 Å². The van der Waals surface area contributed by atoms with Crippen molar-refractivity contribution < 1.29 is 12.9 Å². The molecule has 0 amide bonds. The number of halogens is 1. The van der Waals surface area contributed by atoms with Gasteiger partial charge in [-0.15, -0.1) is 0 Å². The van der Waals surface area contributed by atoms with Crippen molar-refractivity contribution in [2.75, 3.05) is 5.73 Å². The second-order valence-electron chi connectivity index (χ2n) is 3.49. The highest BCUT2D eigenvalue weighted by molar-refractivity contribution is 9.10. The summed E-state index contributed by atoms with van der Waals surface area (Å²) in [5, 5.41) is 3.49. The molecule has 0 spiro atoms. The van der Waals surface area contributed by atoms with Gasteiger partial charge in [0, 0.05) is 16.2 Å². The van der Waals surface area contributed by atoms with Crippen molar-refractivity contribution in [3.05, 3.63) is 40.7 Å². The number of nitrogens with two attached hydrogens (primary N) is 1. The molecule has 0 saturated heterocycles. The molecule has 1 heterocycles. The molecular weight excluding hydrogens is 322 g/mol. The van der Waals surface area contributed by atoms with Crippen molar-refractivity contribution in [1.82, 2.24) is 9.88 Å². The van der Waals surface area contributed by atoms with Crippen LogP contribution < -0.4 is 10.5 Å². The first-order valence-corrected chi connectivity index (χ1v) is 7.21. The lowest BCUT2D eigenvalue weighted by molar-refractivity contribution is 0.380. The van der Waals surface area contributed by atoms with Crippen LogP contribution >= 0.6 is 15.9 Å². The lowest BCUT2D eigenvalue weighted by Crippen LogP contribution is -2.23. The Bertz CT molecular complexity index is 640. The summed E-state index contributed by atoms with van der Waals surface area (Å²) in [7, 11) is -3.61. The summed E-state index contributed by atoms with van der Waals surface area (Å²) in [5.74, 6) is 0.434. The van der Waals surface area contributed by atoms with Gasteiger partial charge in [0.2, 0.25) is 10.0 Å². The van der Waals surface area contributed by atoms with Gasteiger partial charge in [0.25, 0.3) is 0 Å². The van der Waals surface area contributed by atoms with Crippen molar-refractivity contribution >= 4 is 31.6 Å². The van der Waals surface area contributed by atoms with Crippen LogP contribution in [0.1, 0.15) is 5.76 Å². The highest BCUT2D eigenvalue weighted by Gasteiger charge is 2.15. The van der Waals surface area contributed by atoms with Gasteiger partial charge in [-0.05, 0) is 34.1 Å². The molecule has 1 aromatic carbocycles. The molecule has 2 rings (SSSR count). The smallest absolute Gasteiger partial charge is 0.241 e. The molecule has 2 aromatic rings. The van der Waals surface area contributed by atoms with Gasteiger partial charge in [-0.25, -0.2) is 13.1 Å². The molecular formula is C10H10BrN3O3S. The number of aromatic nitrogens is 1. The molecule has 0 aliphatic rings. The van der Waals surface area contributed by atoms with Crippen molar-refractivity contribution in [3.63, 3.8) is 0 Å². The van der Waals surface area contributed by atoms with E-state index in [9.17, 15) is 8.42 Å². The Labute approximate surface area is 112 Å².